The van der Waals surface area contributed by atoms with Crippen molar-refractivity contribution in [3.05, 3.63) is 51.1 Å². The first-order valence-electron chi connectivity index (χ1n) is 6.10. The normalized spacial score (nSPS) is 10.0. The van der Waals surface area contributed by atoms with Crippen LogP contribution in [0, 0.1) is 3.57 Å². The van der Waals surface area contributed by atoms with Gasteiger partial charge in [-0.05, 0) is 65.1 Å². The van der Waals surface area contributed by atoms with Gasteiger partial charge in [-0.2, -0.15) is 0 Å². The van der Waals surface area contributed by atoms with E-state index in [4.69, 9.17) is 21.1 Å². The van der Waals surface area contributed by atoms with Crippen molar-refractivity contribution in [2.75, 3.05) is 19.0 Å². The topological polar surface area (TPSA) is 47.6 Å². The highest BCUT2D eigenvalue weighted by atomic mass is 127. The molecule has 0 spiro atoms. The number of rotatable bonds is 5. The number of methoxy groups -OCH3 is 1. The van der Waals surface area contributed by atoms with Gasteiger partial charge < -0.3 is 14.8 Å². The molecule has 0 heterocycles. The molecular formula is C15H13ClINO3. The third-order valence-corrected chi connectivity index (χ3v) is 3.62. The maximum atomic E-state index is 11.8. The van der Waals surface area contributed by atoms with E-state index in [1.165, 1.54) is 0 Å². The monoisotopic (exact) mass is 417 g/mol. The summed E-state index contributed by atoms with van der Waals surface area (Å²) in [5.41, 5.74) is 0.570. The summed E-state index contributed by atoms with van der Waals surface area (Å²) in [6.07, 6.45) is 0. The van der Waals surface area contributed by atoms with Gasteiger partial charge in [0.05, 0.1) is 17.8 Å². The zero-order valence-corrected chi connectivity index (χ0v) is 14.1. The first-order chi connectivity index (χ1) is 10.1. The van der Waals surface area contributed by atoms with Crippen LogP contribution in [-0.2, 0) is 4.79 Å². The van der Waals surface area contributed by atoms with Gasteiger partial charge in [0, 0.05) is 3.57 Å². The van der Waals surface area contributed by atoms with E-state index in [9.17, 15) is 4.79 Å². The fourth-order valence-electron chi connectivity index (χ4n) is 1.60. The molecule has 0 atom stereocenters. The Labute approximate surface area is 141 Å². The van der Waals surface area contributed by atoms with E-state index in [2.05, 4.69) is 27.9 Å². The predicted octanol–water partition coefficient (Wildman–Crippen LogP) is 3.97. The summed E-state index contributed by atoms with van der Waals surface area (Å²) in [5.74, 6) is 1.06. The van der Waals surface area contributed by atoms with Crippen molar-refractivity contribution in [3.63, 3.8) is 0 Å². The maximum absolute atomic E-state index is 11.8. The SMILES string of the molecule is COc1ccc(OCC(=O)Nc2ccc(I)cc2Cl)cc1. The summed E-state index contributed by atoms with van der Waals surface area (Å²) in [5, 5.41) is 3.21. The summed E-state index contributed by atoms with van der Waals surface area (Å²) in [4.78, 5) is 11.8. The fourth-order valence-corrected chi connectivity index (χ4v) is 2.50. The average molecular weight is 418 g/mol. The van der Waals surface area contributed by atoms with Gasteiger partial charge in [-0.1, -0.05) is 11.6 Å². The first-order valence-corrected chi connectivity index (χ1v) is 7.56. The molecule has 0 saturated carbocycles. The van der Waals surface area contributed by atoms with Gasteiger partial charge in [0.1, 0.15) is 11.5 Å². The Morgan fingerprint density at radius 2 is 1.86 bits per heavy atom. The molecular weight excluding hydrogens is 405 g/mol. The second-order valence-corrected chi connectivity index (χ2v) is 5.79. The van der Waals surface area contributed by atoms with Crippen LogP contribution in [-0.4, -0.2) is 19.6 Å². The van der Waals surface area contributed by atoms with Gasteiger partial charge in [-0.3, -0.25) is 4.79 Å². The minimum Gasteiger partial charge on any atom is -0.497 e. The predicted molar refractivity (Wildman–Crippen MR) is 91.3 cm³/mol. The molecule has 0 radical (unpaired) electrons. The molecule has 21 heavy (non-hydrogen) atoms. The molecule has 2 rings (SSSR count). The van der Waals surface area contributed by atoms with Crippen molar-refractivity contribution in [2.45, 2.75) is 0 Å². The molecule has 0 aliphatic rings. The number of anilines is 1. The standard InChI is InChI=1S/C15H13ClINO3/c1-20-11-3-5-12(6-4-11)21-9-15(19)18-14-7-2-10(17)8-13(14)16/h2-8H,9H2,1H3,(H,18,19). The molecule has 110 valence electrons. The van der Waals surface area contributed by atoms with Crippen molar-refractivity contribution in [2.24, 2.45) is 0 Å². The van der Waals surface area contributed by atoms with E-state index in [0.29, 0.717) is 16.5 Å². The highest BCUT2D eigenvalue weighted by molar-refractivity contribution is 14.1. The highest BCUT2D eigenvalue weighted by Gasteiger charge is 2.07. The van der Waals surface area contributed by atoms with E-state index in [1.807, 2.05) is 6.07 Å². The lowest BCUT2D eigenvalue weighted by Crippen LogP contribution is -2.20. The summed E-state index contributed by atoms with van der Waals surface area (Å²) >= 11 is 8.20. The molecule has 0 saturated heterocycles. The van der Waals surface area contributed by atoms with Crippen molar-refractivity contribution in [1.82, 2.24) is 0 Å². The van der Waals surface area contributed by atoms with Gasteiger partial charge in [-0.25, -0.2) is 0 Å². The smallest absolute Gasteiger partial charge is 0.262 e. The molecule has 2 aromatic rings. The number of hydrogen-bond donors (Lipinski definition) is 1. The lowest BCUT2D eigenvalue weighted by molar-refractivity contribution is -0.118. The van der Waals surface area contributed by atoms with E-state index in [1.54, 1.807) is 43.5 Å². The molecule has 0 aromatic heterocycles. The van der Waals surface area contributed by atoms with Crippen LogP contribution in [0.2, 0.25) is 5.02 Å². The summed E-state index contributed by atoms with van der Waals surface area (Å²) < 4.78 is 11.4. The third kappa shape index (κ3) is 4.78. The molecule has 0 bridgehead atoms. The third-order valence-electron chi connectivity index (χ3n) is 2.63. The van der Waals surface area contributed by atoms with Crippen molar-refractivity contribution < 1.29 is 14.3 Å². The number of hydrogen-bond acceptors (Lipinski definition) is 3. The molecule has 2 aromatic carbocycles. The Bertz CT molecular complexity index is 631. The first kappa shape index (κ1) is 15.9. The molecule has 0 fully saturated rings. The number of halogens is 2. The van der Waals surface area contributed by atoms with Crippen molar-refractivity contribution in [3.8, 4) is 11.5 Å². The van der Waals surface area contributed by atoms with E-state index >= 15 is 0 Å². The van der Waals surface area contributed by atoms with Crippen LogP contribution < -0.4 is 14.8 Å². The number of carbonyl (C=O) groups is 1. The molecule has 1 N–H and O–H groups in total. The zero-order chi connectivity index (χ0) is 15.2. The van der Waals surface area contributed by atoms with E-state index in [0.717, 1.165) is 9.32 Å². The molecule has 0 unspecified atom stereocenters. The summed E-state index contributed by atoms with van der Waals surface area (Å²) in [6.45, 7) is -0.0886. The summed E-state index contributed by atoms with van der Waals surface area (Å²) in [6, 6.07) is 12.4. The molecule has 1 amide bonds. The van der Waals surface area contributed by atoms with E-state index in [-0.39, 0.29) is 12.5 Å². The van der Waals surface area contributed by atoms with Crippen LogP contribution in [0.4, 0.5) is 5.69 Å². The van der Waals surface area contributed by atoms with Crippen LogP contribution in [0.15, 0.2) is 42.5 Å². The van der Waals surface area contributed by atoms with Crippen LogP contribution in [0.5, 0.6) is 11.5 Å². The lowest BCUT2D eigenvalue weighted by Gasteiger charge is -2.09. The average Bonchev–Trinajstić information content (AvgIpc) is 2.48. The fraction of sp³-hybridized carbons (Fsp3) is 0.133. The van der Waals surface area contributed by atoms with Gasteiger partial charge in [-0.15, -0.1) is 0 Å². The summed E-state index contributed by atoms with van der Waals surface area (Å²) in [7, 11) is 1.59. The second-order valence-electron chi connectivity index (χ2n) is 4.14. The zero-order valence-electron chi connectivity index (χ0n) is 11.2. The van der Waals surface area contributed by atoms with Crippen LogP contribution in [0.1, 0.15) is 0 Å². The van der Waals surface area contributed by atoms with Gasteiger partial charge >= 0.3 is 0 Å². The number of ether oxygens (including phenoxy) is 2. The van der Waals surface area contributed by atoms with Gasteiger partial charge in [0.25, 0.3) is 5.91 Å². The van der Waals surface area contributed by atoms with Crippen LogP contribution >= 0.6 is 34.2 Å². The maximum Gasteiger partial charge on any atom is 0.262 e. The number of benzene rings is 2. The van der Waals surface area contributed by atoms with Gasteiger partial charge in [0.15, 0.2) is 6.61 Å². The minimum absolute atomic E-state index is 0.0886. The molecule has 0 aliphatic carbocycles. The number of amides is 1. The Balaban J connectivity index is 1.89. The van der Waals surface area contributed by atoms with Crippen molar-refractivity contribution in [1.29, 1.82) is 0 Å². The van der Waals surface area contributed by atoms with Crippen LogP contribution in [0.3, 0.4) is 0 Å². The van der Waals surface area contributed by atoms with E-state index < -0.39 is 0 Å². The number of nitrogens with one attached hydrogen (secondary N) is 1. The second kappa shape index (κ2) is 7.51. The molecule has 6 heteroatoms. The molecule has 0 aliphatic heterocycles. The lowest BCUT2D eigenvalue weighted by atomic mass is 10.3. The largest absolute Gasteiger partial charge is 0.497 e. The Kier molecular flexibility index (Phi) is 5.69. The molecule has 4 nitrogen and oxygen atoms in total. The van der Waals surface area contributed by atoms with Crippen LogP contribution in [0.25, 0.3) is 0 Å². The number of carbonyl (C=O) groups excluding carboxylic acids is 1. The Hall–Kier alpha value is -1.47. The highest BCUT2D eigenvalue weighted by Crippen LogP contribution is 2.24. The quantitative estimate of drug-likeness (QED) is 0.749. The Morgan fingerprint density at radius 1 is 1.19 bits per heavy atom. The minimum atomic E-state index is -0.270. The Morgan fingerprint density at radius 3 is 2.48 bits per heavy atom. The van der Waals surface area contributed by atoms with Crippen molar-refractivity contribution >= 4 is 45.8 Å². The van der Waals surface area contributed by atoms with Gasteiger partial charge in [0.2, 0.25) is 0 Å².